The van der Waals surface area contributed by atoms with Gasteiger partial charge in [-0.2, -0.15) is 0 Å². The molecule has 0 aliphatic carbocycles. The van der Waals surface area contributed by atoms with E-state index in [1.165, 1.54) is 0 Å². The molecule has 1 aliphatic rings. The third kappa shape index (κ3) is 5.71. The molecule has 3 rings (SSSR count). The van der Waals surface area contributed by atoms with E-state index in [9.17, 15) is 9.59 Å². The fourth-order valence-electron chi connectivity index (χ4n) is 3.95. The molecule has 1 aliphatic heterocycles. The number of likely N-dealkylation sites (tertiary alicyclic amines) is 1. The van der Waals surface area contributed by atoms with Crippen molar-refractivity contribution in [1.29, 1.82) is 0 Å². The van der Waals surface area contributed by atoms with E-state index in [1.807, 2.05) is 47.4 Å². The van der Waals surface area contributed by atoms with E-state index in [0.29, 0.717) is 32.5 Å². The Balaban J connectivity index is 0.00000300. The van der Waals surface area contributed by atoms with Crippen LogP contribution in [0, 0.1) is 5.92 Å². The van der Waals surface area contributed by atoms with Gasteiger partial charge < -0.3 is 16.0 Å². The van der Waals surface area contributed by atoms with Crippen molar-refractivity contribution in [2.75, 3.05) is 19.6 Å². The summed E-state index contributed by atoms with van der Waals surface area (Å²) in [6.07, 6.45) is 4.50. The zero-order valence-electron chi connectivity index (χ0n) is 17.1. The lowest BCUT2D eigenvalue weighted by atomic mass is 9.94. The van der Waals surface area contributed by atoms with Gasteiger partial charge in [0, 0.05) is 37.2 Å². The molecule has 1 heterocycles. The SMILES string of the molecule is CCCCC(CN)NC(=O)C1CCN(C(=O)c2cccc3ccccc23)CC1.Cl. The molecule has 3 N–H and O–H groups in total. The highest BCUT2D eigenvalue weighted by Crippen LogP contribution is 2.24. The summed E-state index contributed by atoms with van der Waals surface area (Å²) in [7, 11) is 0. The first kappa shape index (κ1) is 23.2. The Morgan fingerprint density at radius 2 is 1.83 bits per heavy atom. The molecule has 2 amide bonds. The predicted molar refractivity (Wildman–Crippen MR) is 120 cm³/mol. The number of unbranched alkanes of at least 4 members (excludes halogenated alkanes) is 1. The van der Waals surface area contributed by atoms with E-state index in [0.717, 1.165) is 35.6 Å². The highest BCUT2D eigenvalue weighted by atomic mass is 35.5. The summed E-state index contributed by atoms with van der Waals surface area (Å²) in [4.78, 5) is 27.5. The van der Waals surface area contributed by atoms with Crippen LogP contribution in [0.1, 0.15) is 49.4 Å². The van der Waals surface area contributed by atoms with E-state index in [2.05, 4.69) is 12.2 Å². The zero-order chi connectivity index (χ0) is 19.9. The molecular formula is C23H32ClN3O2. The zero-order valence-corrected chi connectivity index (χ0v) is 17.9. The highest BCUT2D eigenvalue weighted by Gasteiger charge is 2.29. The molecule has 0 spiro atoms. The summed E-state index contributed by atoms with van der Waals surface area (Å²) in [5.41, 5.74) is 6.53. The normalized spacial score (nSPS) is 15.6. The Hall–Kier alpha value is -2.11. The second kappa shape index (κ2) is 11.2. The van der Waals surface area contributed by atoms with Crippen molar-refractivity contribution in [2.24, 2.45) is 11.7 Å². The minimum absolute atomic E-state index is 0. The molecule has 158 valence electrons. The van der Waals surface area contributed by atoms with Gasteiger partial charge in [-0.15, -0.1) is 12.4 Å². The van der Waals surface area contributed by atoms with Gasteiger partial charge in [0.1, 0.15) is 0 Å². The molecule has 0 radical (unpaired) electrons. The molecule has 1 fully saturated rings. The van der Waals surface area contributed by atoms with Crippen LogP contribution in [-0.4, -0.2) is 42.4 Å². The number of halogens is 1. The molecule has 0 saturated carbocycles. The Morgan fingerprint density at radius 1 is 1.14 bits per heavy atom. The third-order valence-electron chi connectivity index (χ3n) is 5.71. The average molecular weight is 418 g/mol. The van der Waals surface area contributed by atoms with Crippen molar-refractivity contribution in [3.63, 3.8) is 0 Å². The molecule has 2 aromatic rings. The van der Waals surface area contributed by atoms with Crippen LogP contribution in [0.25, 0.3) is 10.8 Å². The topological polar surface area (TPSA) is 75.4 Å². The van der Waals surface area contributed by atoms with Crippen molar-refractivity contribution in [1.82, 2.24) is 10.2 Å². The molecule has 0 aromatic heterocycles. The summed E-state index contributed by atoms with van der Waals surface area (Å²) < 4.78 is 0. The quantitative estimate of drug-likeness (QED) is 0.720. The molecular weight excluding hydrogens is 386 g/mol. The molecule has 1 saturated heterocycles. The predicted octanol–water partition coefficient (Wildman–Crippen LogP) is 3.75. The number of benzene rings is 2. The van der Waals surface area contributed by atoms with Crippen LogP contribution in [-0.2, 0) is 4.79 Å². The summed E-state index contributed by atoms with van der Waals surface area (Å²) in [5.74, 6) is 0.106. The first-order valence-corrected chi connectivity index (χ1v) is 10.4. The highest BCUT2D eigenvalue weighted by molar-refractivity contribution is 6.07. The van der Waals surface area contributed by atoms with E-state index in [4.69, 9.17) is 5.73 Å². The number of carbonyl (C=O) groups is 2. The minimum Gasteiger partial charge on any atom is -0.352 e. The van der Waals surface area contributed by atoms with Crippen LogP contribution < -0.4 is 11.1 Å². The van der Waals surface area contributed by atoms with Crippen LogP contribution in [0.5, 0.6) is 0 Å². The van der Waals surface area contributed by atoms with Crippen molar-refractivity contribution < 1.29 is 9.59 Å². The van der Waals surface area contributed by atoms with E-state index >= 15 is 0 Å². The maximum atomic E-state index is 13.0. The molecule has 5 nitrogen and oxygen atoms in total. The number of nitrogens with one attached hydrogen (secondary N) is 1. The molecule has 2 aromatic carbocycles. The Bertz CT molecular complexity index is 813. The molecule has 0 bridgehead atoms. The lowest BCUT2D eigenvalue weighted by Crippen LogP contribution is -2.47. The number of nitrogens with two attached hydrogens (primary N) is 1. The maximum Gasteiger partial charge on any atom is 0.254 e. The van der Waals surface area contributed by atoms with Crippen LogP contribution >= 0.6 is 12.4 Å². The summed E-state index contributed by atoms with van der Waals surface area (Å²) in [6.45, 7) is 3.84. The van der Waals surface area contributed by atoms with Crippen LogP contribution in [0.3, 0.4) is 0 Å². The van der Waals surface area contributed by atoms with Gasteiger partial charge in [0.05, 0.1) is 0 Å². The van der Waals surface area contributed by atoms with Crippen LogP contribution in [0.15, 0.2) is 42.5 Å². The number of hydrogen-bond donors (Lipinski definition) is 2. The number of nitrogens with zero attached hydrogens (tertiary/aromatic N) is 1. The van der Waals surface area contributed by atoms with Gasteiger partial charge in [-0.1, -0.05) is 56.2 Å². The second-order valence-electron chi connectivity index (χ2n) is 7.68. The van der Waals surface area contributed by atoms with Crippen LogP contribution in [0.4, 0.5) is 0 Å². The lowest BCUT2D eigenvalue weighted by Gasteiger charge is -2.32. The van der Waals surface area contributed by atoms with E-state index in [1.54, 1.807) is 0 Å². The molecule has 1 atom stereocenters. The van der Waals surface area contributed by atoms with Gasteiger partial charge in [0.2, 0.25) is 5.91 Å². The van der Waals surface area contributed by atoms with Gasteiger partial charge in [0.15, 0.2) is 0 Å². The Morgan fingerprint density at radius 3 is 2.52 bits per heavy atom. The number of piperidine rings is 1. The second-order valence-corrected chi connectivity index (χ2v) is 7.68. The smallest absolute Gasteiger partial charge is 0.254 e. The monoisotopic (exact) mass is 417 g/mol. The summed E-state index contributed by atoms with van der Waals surface area (Å²) in [5, 5.41) is 5.16. The van der Waals surface area contributed by atoms with Crippen LogP contribution in [0.2, 0.25) is 0 Å². The van der Waals surface area contributed by atoms with Gasteiger partial charge in [-0.3, -0.25) is 9.59 Å². The first-order valence-electron chi connectivity index (χ1n) is 10.4. The Kier molecular flexibility index (Phi) is 8.93. The maximum absolute atomic E-state index is 13.0. The van der Waals surface area contributed by atoms with Gasteiger partial charge >= 0.3 is 0 Å². The number of carbonyl (C=O) groups excluding carboxylic acids is 2. The fourth-order valence-corrected chi connectivity index (χ4v) is 3.95. The van der Waals surface area contributed by atoms with Gasteiger partial charge in [-0.25, -0.2) is 0 Å². The van der Waals surface area contributed by atoms with Crippen molar-refractivity contribution >= 4 is 35.0 Å². The van der Waals surface area contributed by atoms with Crippen molar-refractivity contribution in [3.05, 3.63) is 48.0 Å². The molecule has 6 heteroatoms. The van der Waals surface area contributed by atoms with Gasteiger partial charge in [-0.05, 0) is 36.1 Å². The van der Waals surface area contributed by atoms with Crippen molar-refractivity contribution in [3.8, 4) is 0 Å². The summed E-state index contributed by atoms with van der Waals surface area (Å²) in [6, 6.07) is 13.9. The minimum atomic E-state index is -0.0350. The van der Waals surface area contributed by atoms with E-state index in [-0.39, 0.29) is 36.2 Å². The number of hydrogen-bond acceptors (Lipinski definition) is 3. The number of fused-ring (bicyclic) bond motifs is 1. The molecule has 29 heavy (non-hydrogen) atoms. The Labute approximate surface area is 179 Å². The fraction of sp³-hybridized carbons (Fsp3) is 0.478. The number of amides is 2. The standard InChI is InChI=1S/C23H31N3O2.ClH/c1-2-3-9-19(16-24)25-22(27)18-12-14-26(15-13-18)23(28)21-11-6-8-17-7-4-5-10-20(17)21;/h4-8,10-11,18-19H,2-3,9,12-16,24H2,1H3,(H,25,27);1H. The largest absolute Gasteiger partial charge is 0.352 e. The van der Waals surface area contributed by atoms with Crippen molar-refractivity contribution in [2.45, 2.75) is 45.1 Å². The van der Waals surface area contributed by atoms with Gasteiger partial charge in [0.25, 0.3) is 5.91 Å². The third-order valence-corrected chi connectivity index (χ3v) is 5.71. The van der Waals surface area contributed by atoms with E-state index < -0.39 is 0 Å². The first-order chi connectivity index (χ1) is 13.6. The average Bonchev–Trinajstić information content (AvgIpc) is 2.75. The number of rotatable bonds is 7. The molecule has 1 unspecified atom stereocenters. The lowest BCUT2D eigenvalue weighted by molar-refractivity contribution is -0.127. The summed E-state index contributed by atoms with van der Waals surface area (Å²) >= 11 is 0.